The molecule has 18 heavy (non-hydrogen) atoms. The van der Waals surface area contributed by atoms with Crippen molar-refractivity contribution < 1.29 is 0 Å². The Kier molecular flexibility index (Phi) is 7.57. The van der Waals surface area contributed by atoms with Crippen molar-refractivity contribution in [1.29, 1.82) is 0 Å². The molecule has 104 valence electrons. The highest BCUT2D eigenvalue weighted by molar-refractivity contribution is 7.10. The Morgan fingerprint density at radius 3 is 2.94 bits per heavy atom. The SMILES string of the molecule is CCN(Cc1cc(Cl)cs1)C1CCCNCC1.Cl. The van der Waals surface area contributed by atoms with Crippen molar-refractivity contribution >= 4 is 35.3 Å². The first kappa shape index (κ1) is 16.3. The van der Waals surface area contributed by atoms with E-state index in [1.807, 2.05) is 5.38 Å². The van der Waals surface area contributed by atoms with E-state index < -0.39 is 0 Å². The van der Waals surface area contributed by atoms with Gasteiger partial charge in [-0.05, 0) is 45.0 Å². The molecule has 0 radical (unpaired) electrons. The molecule has 2 nitrogen and oxygen atoms in total. The molecule has 1 aromatic rings. The third-order valence-electron chi connectivity index (χ3n) is 3.45. The van der Waals surface area contributed by atoms with Crippen LogP contribution in [0.5, 0.6) is 0 Å². The second kappa shape index (κ2) is 8.39. The Hall–Kier alpha value is 0.200. The van der Waals surface area contributed by atoms with Crippen LogP contribution in [-0.2, 0) is 6.54 Å². The summed E-state index contributed by atoms with van der Waals surface area (Å²) in [6.45, 7) is 6.78. The lowest BCUT2D eigenvalue weighted by Gasteiger charge is -2.29. The van der Waals surface area contributed by atoms with Gasteiger partial charge in [-0.15, -0.1) is 23.7 Å². The van der Waals surface area contributed by atoms with Crippen molar-refractivity contribution in [2.75, 3.05) is 19.6 Å². The third kappa shape index (κ3) is 4.71. The summed E-state index contributed by atoms with van der Waals surface area (Å²) in [5.41, 5.74) is 0. The van der Waals surface area contributed by atoms with Gasteiger partial charge in [-0.25, -0.2) is 0 Å². The topological polar surface area (TPSA) is 15.3 Å². The highest BCUT2D eigenvalue weighted by Crippen LogP contribution is 2.23. The van der Waals surface area contributed by atoms with Gasteiger partial charge < -0.3 is 5.32 Å². The lowest BCUT2D eigenvalue weighted by Crippen LogP contribution is -2.35. The Balaban J connectivity index is 0.00000162. The van der Waals surface area contributed by atoms with Crippen LogP contribution in [0.25, 0.3) is 0 Å². The summed E-state index contributed by atoms with van der Waals surface area (Å²) in [5, 5.41) is 6.38. The minimum atomic E-state index is 0. The van der Waals surface area contributed by atoms with Gasteiger partial charge in [0.1, 0.15) is 0 Å². The molecule has 0 aromatic carbocycles. The maximum absolute atomic E-state index is 5.98. The highest BCUT2D eigenvalue weighted by Gasteiger charge is 2.19. The fraction of sp³-hybridized carbons (Fsp3) is 0.692. The zero-order valence-corrected chi connectivity index (χ0v) is 13.2. The van der Waals surface area contributed by atoms with Gasteiger partial charge in [-0.1, -0.05) is 18.5 Å². The molecule has 0 saturated carbocycles. The molecule has 0 bridgehead atoms. The van der Waals surface area contributed by atoms with E-state index in [1.54, 1.807) is 11.3 Å². The van der Waals surface area contributed by atoms with Gasteiger partial charge in [-0.3, -0.25) is 4.90 Å². The molecule has 1 fully saturated rings. The predicted octanol–water partition coefficient (Wildman–Crippen LogP) is 3.79. The quantitative estimate of drug-likeness (QED) is 0.910. The monoisotopic (exact) mass is 308 g/mol. The van der Waals surface area contributed by atoms with Gasteiger partial charge in [0.15, 0.2) is 0 Å². The molecular formula is C13H22Cl2N2S. The number of halogens is 2. The van der Waals surface area contributed by atoms with Crippen LogP contribution in [0.15, 0.2) is 11.4 Å². The highest BCUT2D eigenvalue weighted by atomic mass is 35.5. The van der Waals surface area contributed by atoms with E-state index in [0.717, 1.165) is 30.7 Å². The maximum Gasteiger partial charge on any atom is 0.0516 e. The molecular weight excluding hydrogens is 287 g/mol. The minimum Gasteiger partial charge on any atom is -0.317 e. The molecule has 1 aromatic heterocycles. The molecule has 0 aliphatic carbocycles. The third-order valence-corrected chi connectivity index (χ3v) is 4.72. The van der Waals surface area contributed by atoms with Crippen LogP contribution in [0.1, 0.15) is 31.1 Å². The molecule has 1 aliphatic rings. The second-order valence-electron chi connectivity index (χ2n) is 4.63. The van der Waals surface area contributed by atoms with Crippen molar-refractivity contribution in [2.24, 2.45) is 0 Å². The van der Waals surface area contributed by atoms with Gasteiger partial charge in [0.05, 0.1) is 5.02 Å². The first-order valence-corrected chi connectivity index (χ1v) is 7.73. The molecule has 1 N–H and O–H groups in total. The van der Waals surface area contributed by atoms with Crippen LogP contribution in [0.4, 0.5) is 0 Å². The van der Waals surface area contributed by atoms with Crippen LogP contribution in [0.2, 0.25) is 5.02 Å². The summed E-state index contributed by atoms with van der Waals surface area (Å²) in [5.74, 6) is 0. The van der Waals surface area contributed by atoms with Crippen LogP contribution in [0, 0.1) is 0 Å². The average Bonchev–Trinajstić information content (AvgIpc) is 2.58. The molecule has 5 heteroatoms. The van der Waals surface area contributed by atoms with E-state index in [4.69, 9.17) is 11.6 Å². The van der Waals surface area contributed by atoms with Crippen LogP contribution in [-0.4, -0.2) is 30.6 Å². The van der Waals surface area contributed by atoms with Crippen molar-refractivity contribution in [3.05, 3.63) is 21.3 Å². The lowest BCUT2D eigenvalue weighted by molar-refractivity contribution is 0.184. The normalized spacial score (nSPS) is 20.5. The van der Waals surface area contributed by atoms with E-state index in [0.29, 0.717) is 0 Å². The smallest absolute Gasteiger partial charge is 0.0516 e. The van der Waals surface area contributed by atoms with Crippen LogP contribution >= 0.6 is 35.3 Å². The van der Waals surface area contributed by atoms with Crippen molar-refractivity contribution in [3.8, 4) is 0 Å². The average molecular weight is 309 g/mol. The first-order valence-electron chi connectivity index (χ1n) is 6.47. The Bertz CT molecular complexity index is 335. The maximum atomic E-state index is 5.98. The summed E-state index contributed by atoms with van der Waals surface area (Å²) < 4.78 is 0. The van der Waals surface area contributed by atoms with Crippen LogP contribution in [0.3, 0.4) is 0 Å². The predicted molar refractivity (Wildman–Crippen MR) is 83.2 cm³/mol. The molecule has 1 aliphatic heterocycles. The first-order chi connectivity index (χ1) is 8.29. The number of nitrogens with zero attached hydrogens (tertiary/aromatic N) is 1. The Labute approximate surface area is 125 Å². The summed E-state index contributed by atoms with van der Waals surface area (Å²) in [6, 6.07) is 2.83. The standard InChI is InChI=1S/C13H21ClN2S.ClH/c1-2-16(9-13-8-11(14)10-17-13)12-4-3-6-15-7-5-12;/h8,10,12,15H,2-7,9H2,1H3;1H. The number of thiophene rings is 1. The van der Waals surface area contributed by atoms with Crippen molar-refractivity contribution in [3.63, 3.8) is 0 Å². The zero-order chi connectivity index (χ0) is 12.1. The molecule has 2 heterocycles. The zero-order valence-electron chi connectivity index (χ0n) is 10.8. The Morgan fingerprint density at radius 2 is 2.28 bits per heavy atom. The molecule has 1 saturated heterocycles. The number of hydrogen-bond donors (Lipinski definition) is 1. The van der Waals surface area contributed by atoms with Crippen molar-refractivity contribution in [1.82, 2.24) is 10.2 Å². The number of hydrogen-bond acceptors (Lipinski definition) is 3. The number of nitrogens with one attached hydrogen (secondary N) is 1. The summed E-state index contributed by atoms with van der Waals surface area (Å²) >= 11 is 7.75. The summed E-state index contributed by atoms with van der Waals surface area (Å²) in [6.07, 6.45) is 3.89. The van der Waals surface area contributed by atoms with E-state index >= 15 is 0 Å². The largest absolute Gasteiger partial charge is 0.317 e. The van der Waals surface area contributed by atoms with Gasteiger partial charge in [-0.2, -0.15) is 0 Å². The Morgan fingerprint density at radius 1 is 1.44 bits per heavy atom. The van der Waals surface area contributed by atoms with Crippen molar-refractivity contribution in [2.45, 2.75) is 38.8 Å². The van der Waals surface area contributed by atoms with Gasteiger partial charge in [0.2, 0.25) is 0 Å². The second-order valence-corrected chi connectivity index (χ2v) is 6.06. The van der Waals surface area contributed by atoms with Crippen LogP contribution < -0.4 is 5.32 Å². The molecule has 0 amide bonds. The van der Waals surface area contributed by atoms with Gasteiger partial charge in [0, 0.05) is 22.8 Å². The van der Waals surface area contributed by atoms with Gasteiger partial charge >= 0.3 is 0 Å². The fourth-order valence-electron chi connectivity index (χ4n) is 2.50. The minimum absolute atomic E-state index is 0. The molecule has 0 spiro atoms. The molecule has 1 atom stereocenters. The molecule has 2 rings (SSSR count). The molecule has 1 unspecified atom stereocenters. The van der Waals surface area contributed by atoms with E-state index in [9.17, 15) is 0 Å². The van der Waals surface area contributed by atoms with E-state index in [1.165, 1.54) is 30.7 Å². The van der Waals surface area contributed by atoms with E-state index in [2.05, 4.69) is 23.2 Å². The fourth-order valence-corrected chi connectivity index (χ4v) is 3.60. The summed E-state index contributed by atoms with van der Waals surface area (Å²) in [4.78, 5) is 3.98. The summed E-state index contributed by atoms with van der Waals surface area (Å²) in [7, 11) is 0. The van der Waals surface area contributed by atoms with Gasteiger partial charge in [0.25, 0.3) is 0 Å². The van der Waals surface area contributed by atoms with E-state index in [-0.39, 0.29) is 12.4 Å². The number of rotatable bonds is 4. The lowest BCUT2D eigenvalue weighted by atomic mass is 10.1.